The van der Waals surface area contributed by atoms with E-state index in [0.717, 1.165) is 0 Å². The van der Waals surface area contributed by atoms with Crippen LogP contribution in [-0.4, -0.2) is 63.9 Å². The van der Waals surface area contributed by atoms with Gasteiger partial charge in [0.05, 0.1) is 0 Å². The molecule has 0 fully saturated rings. The molecule has 0 spiro atoms. The van der Waals surface area contributed by atoms with E-state index in [1.165, 1.54) is 0 Å². The van der Waals surface area contributed by atoms with Crippen molar-refractivity contribution in [1.29, 1.82) is 0 Å². The van der Waals surface area contributed by atoms with Gasteiger partial charge in [0.15, 0.2) is 0 Å². The van der Waals surface area contributed by atoms with Crippen molar-refractivity contribution < 1.29 is 0 Å². The predicted octanol–water partition coefficient (Wildman–Crippen LogP) is 8.47. The Morgan fingerprint density at radius 1 is 0.321 bits per heavy atom. The van der Waals surface area contributed by atoms with Gasteiger partial charge in [0.1, 0.15) is 0 Å². The van der Waals surface area contributed by atoms with Crippen LogP contribution >= 0.6 is 0 Å². The minimum atomic E-state index is 0.208. The Labute approximate surface area is 212 Å². The molecule has 4 heteroatoms. The monoisotopic (exact) mass is 640 g/mol. The Balaban J connectivity index is -0.000000143. The summed E-state index contributed by atoms with van der Waals surface area (Å²) in [6, 6.07) is 0. The molecule has 0 aromatic carbocycles. The summed E-state index contributed by atoms with van der Waals surface area (Å²) in [6.45, 7) is 41.4. The maximum absolute atomic E-state index is 2.35. The van der Waals surface area contributed by atoms with E-state index in [1.807, 2.05) is 0 Å². The Morgan fingerprint density at radius 3 is 0.393 bits per heavy atom. The van der Waals surface area contributed by atoms with Crippen molar-refractivity contribution in [2.75, 3.05) is 0 Å². The van der Waals surface area contributed by atoms with Gasteiger partial charge in [-0.15, -0.1) is 0 Å². The Hall–Kier alpha value is 2.17. The van der Waals surface area contributed by atoms with Crippen molar-refractivity contribution in [2.24, 2.45) is 0 Å². The van der Waals surface area contributed by atoms with Crippen LogP contribution in [-0.2, 0) is 0 Å². The van der Waals surface area contributed by atoms with Crippen LogP contribution in [0.5, 0.6) is 0 Å². The van der Waals surface area contributed by atoms with Gasteiger partial charge in [-0.05, 0) is 0 Å². The second kappa shape index (κ2) is 14.3. The number of hydrogen-bond acceptors (Lipinski definition) is 0. The average molecular weight is 635 g/mol. The normalized spacial score (nSPS) is 13.3. The van der Waals surface area contributed by atoms with Gasteiger partial charge in [-0.2, -0.15) is 0 Å². The van der Waals surface area contributed by atoms with Gasteiger partial charge in [0, 0.05) is 0 Å². The maximum atomic E-state index is 2.35. The van der Waals surface area contributed by atoms with Crippen LogP contribution in [0.25, 0.3) is 0 Å². The van der Waals surface area contributed by atoms with Crippen molar-refractivity contribution in [3.8, 4) is 0 Å². The topological polar surface area (TPSA) is 0 Å². The van der Waals surface area contributed by atoms with Gasteiger partial charge in [-0.3, -0.25) is 0 Å². The summed E-state index contributed by atoms with van der Waals surface area (Å²) in [7, 11) is 0. The summed E-state index contributed by atoms with van der Waals surface area (Å²) in [5.74, 6) is 0. The van der Waals surface area contributed by atoms with Gasteiger partial charge in [-0.25, -0.2) is 0 Å². The molecule has 28 heavy (non-hydrogen) atoms. The van der Waals surface area contributed by atoms with Crippen molar-refractivity contribution in [2.45, 2.75) is 150 Å². The van der Waals surface area contributed by atoms with Crippen molar-refractivity contribution in [3.63, 3.8) is 0 Å². The first kappa shape index (κ1) is 37.5. The molecule has 0 aromatic heterocycles. The molecule has 0 saturated carbocycles. The summed E-state index contributed by atoms with van der Waals surface area (Å²) >= 11 is 4.00. The second-order valence-electron chi connectivity index (χ2n) is 14.0. The van der Waals surface area contributed by atoms with Crippen LogP contribution in [0.4, 0.5) is 0 Å². The Kier molecular flexibility index (Phi) is 19.2. The molecule has 0 bridgehead atoms. The van der Waals surface area contributed by atoms with Crippen molar-refractivity contribution in [1.82, 2.24) is 0 Å². The Bertz CT molecular complexity index is 284. The third-order valence-corrected chi connectivity index (χ3v) is 7.79. The molecule has 0 atom stereocenters. The van der Waals surface area contributed by atoms with E-state index in [1.54, 1.807) is 33.0 Å². The van der Waals surface area contributed by atoms with Crippen molar-refractivity contribution >= 4 is 63.9 Å². The van der Waals surface area contributed by atoms with Crippen LogP contribution in [0.1, 0.15) is 125 Å². The van der Waals surface area contributed by atoms with E-state index in [0.29, 0.717) is 25.5 Å². The summed E-state index contributed by atoms with van der Waals surface area (Å²) in [4.78, 5) is 0. The second-order valence-corrected chi connectivity index (χ2v) is 34.9. The van der Waals surface area contributed by atoms with Crippen LogP contribution in [0, 0.1) is 0 Å². The first-order valence-electron chi connectivity index (χ1n) is 10.6. The minimum absolute atomic E-state index is 0.208. The zero-order valence-corrected chi connectivity index (χ0v) is 32.2. The fourth-order valence-electron chi connectivity index (χ4n) is 2.25. The van der Waals surface area contributed by atoms with Gasteiger partial charge in [-0.1, -0.05) is 0 Å². The van der Waals surface area contributed by atoms with Crippen molar-refractivity contribution in [3.05, 3.63) is 0 Å². The van der Waals surface area contributed by atoms with Crippen LogP contribution in [0.2, 0.25) is 25.5 Å². The number of rotatable bonds is 0. The van der Waals surface area contributed by atoms with Gasteiger partial charge >= 0.3 is 214 Å². The molecule has 0 heterocycles. The molecule has 0 amide bonds. The van der Waals surface area contributed by atoms with E-state index in [2.05, 4.69) is 125 Å². The van der Waals surface area contributed by atoms with Crippen LogP contribution < -0.4 is 0 Å². The third kappa shape index (κ3) is 104. The fraction of sp³-hybridized carbons (Fsp3) is 1.00. The molecule has 0 rings (SSSR count). The van der Waals surface area contributed by atoms with E-state index < -0.39 is 0 Å². The molecule has 0 aromatic rings. The predicted molar refractivity (Wildman–Crippen MR) is 144 cm³/mol. The standard InChI is InChI=1S/2C8H18Ge.2C4H10Ge/c2*1-7(2,3)9-8(4,5)6;2*1-4(2,3)5/h2*1-6H3;2*5H,1-3H3. The summed E-state index contributed by atoms with van der Waals surface area (Å²) < 4.78 is 3.56. The molecular formula is C24H56Ge4. The van der Waals surface area contributed by atoms with E-state index in [9.17, 15) is 0 Å². The SMILES string of the molecule is C[C](C)(C)[GeH].C[C](C)(C)[GeH].C[C](C)(C)[Ge][C](C)(C)C.C[C](C)(C)[Ge][C](C)(C)C. The Morgan fingerprint density at radius 2 is 0.393 bits per heavy atom. The molecular weight excluding hydrogens is 579 g/mol. The van der Waals surface area contributed by atoms with E-state index in [-0.39, 0.29) is 30.9 Å². The average Bonchev–Trinajstić information content (AvgIpc) is 1.95. The third-order valence-electron chi connectivity index (χ3n) is 1.50. The molecule has 0 saturated heterocycles. The zero-order chi connectivity index (χ0) is 24.4. The van der Waals surface area contributed by atoms with E-state index in [4.69, 9.17) is 0 Å². The van der Waals surface area contributed by atoms with Gasteiger partial charge in [0.25, 0.3) is 0 Å². The molecule has 168 valence electrons. The molecule has 0 unspecified atom stereocenters. The summed E-state index contributed by atoms with van der Waals surface area (Å²) in [5, 5.41) is 0. The first-order chi connectivity index (χ1) is 11.4. The fourth-order valence-corrected chi connectivity index (χ4v) is 11.7. The molecule has 0 N–H and O–H groups in total. The molecule has 0 nitrogen and oxygen atoms in total. The molecule has 0 aliphatic carbocycles. The number of hydrogen-bond donors (Lipinski definition) is 0. The van der Waals surface area contributed by atoms with E-state index >= 15 is 0 Å². The zero-order valence-electron chi connectivity index (χ0n) is 23.2. The first-order valence-corrected chi connectivity index (χ1v) is 17.2. The summed E-state index contributed by atoms with van der Waals surface area (Å²) in [5.41, 5.74) is 0. The summed E-state index contributed by atoms with van der Waals surface area (Å²) in [6.07, 6.45) is 0. The van der Waals surface area contributed by atoms with Gasteiger partial charge < -0.3 is 0 Å². The quantitative estimate of drug-likeness (QED) is 0.235. The van der Waals surface area contributed by atoms with Crippen LogP contribution in [0.3, 0.4) is 0 Å². The molecule has 0 aliphatic rings. The van der Waals surface area contributed by atoms with Crippen LogP contribution in [0.15, 0.2) is 0 Å². The molecule has 8 radical (unpaired) electrons. The molecule has 0 aliphatic heterocycles. The van der Waals surface area contributed by atoms with Gasteiger partial charge in [0.2, 0.25) is 0 Å².